The highest BCUT2D eigenvalue weighted by atomic mass is 16.5. The van der Waals surface area contributed by atoms with Crippen molar-refractivity contribution in [1.82, 2.24) is 15.0 Å². The minimum absolute atomic E-state index is 0.113. The van der Waals surface area contributed by atoms with E-state index in [4.69, 9.17) is 10.5 Å². The molecule has 0 fully saturated rings. The Morgan fingerprint density at radius 2 is 1.74 bits per heavy atom. The number of ether oxygens (including phenoxy) is 1. The summed E-state index contributed by atoms with van der Waals surface area (Å²) in [6.45, 7) is 4.00. The Morgan fingerprint density at radius 1 is 1.09 bits per heavy atom. The minimum Gasteiger partial charge on any atom is -0.455 e. The van der Waals surface area contributed by atoms with Crippen molar-refractivity contribution in [2.75, 3.05) is 12.8 Å². The summed E-state index contributed by atoms with van der Waals surface area (Å²) < 4.78 is 5.71. The van der Waals surface area contributed by atoms with Gasteiger partial charge in [0.05, 0.1) is 0 Å². The summed E-state index contributed by atoms with van der Waals surface area (Å²) in [6, 6.07) is 10.9. The van der Waals surface area contributed by atoms with Gasteiger partial charge < -0.3 is 21.2 Å². The van der Waals surface area contributed by atoms with Crippen LogP contribution in [0.2, 0.25) is 0 Å². The van der Waals surface area contributed by atoms with Gasteiger partial charge >= 0.3 is 0 Å². The Morgan fingerprint density at radius 3 is 2.39 bits per heavy atom. The fourth-order valence-electron chi connectivity index (χ4n) is 1.68. The number of anilines is 1. The van der Waals surface area contributed by atoms with Gasteiger partial charge in [-0.15, -0.1) is 0 Å². The van der Waals surface area contributed by atoms with Crippen molar-refractivity contribution >= 4 is 17.0 Å². The number of rotatable bonds is 2. The lowest BCUT2D eigenvalue weighted by atomic mass is 10.3. The van der Waals surface area contributed by atoms with E-state index in [1.165, 1.54) is 13.2 Å². The molecule has 0 aliphatic carbocycles. The number of fused-ring (bicyclic) bond motifs is 1. The van der Waals surface area contributed by atoms with Gasteiger partial charge in [0.2, 0.25) is 0 Å². The van der Waals surface area contributed by atoms with E-state index in [0.29, 0.717) is 22.7 Å². The number of para-hydroxylation sites is 1. The van der Waals surface area contributed by atoms with Crippen LogP contribution < -0.4 is 21.8 Å². The Labute approximate surface area is 134 Å². The number of nitrogens with one attached hydrogen (secondary N) is 1. The summed E-state index contributed by atoms with van der Waals surface area (Å²) in [4.78, 5) is 22.0. The van der Waals surface area contributed by atoms with Crippen molar-refractivity contribution in [3.05, 3.63) is 52.9 Å². The van der Waals surface area contributed by atoms with Crippen LogP contribution in [0.15, 0.2) is 47.4 Å². The summed E-state index contributed by atoms with van der Waals surface area (Å²) in [5.41, 5.74) is 10.3. The number of nitrogens with zero attached hydrogens (tertiary/aromatic N) is 2. The highest BCUT2D eigenvalue weighted by Gasteiger charge is 2.08. The second kappa shape index (κ2) is 9.16. The summed E-state index contributed by atoms with van der Waals surface area (Å²) in [6.07, 6.45) is 1.54. The smallest absolute Gasteiger partial charge is 0.292 e. The SMILES string of the molecule is CC.CN.Nc1nc2c(Oc3ccccc3)ccnc2[nH]c1=O. The average Bonchev–Trinajstić information content (AvgIpc) is 2.61. The number of nitrogens with two attached hydrogens (primary N) is 2. The fourth-order valence-corrected chi connectivity index (χ4v) is 1.68. The number of aromatic nitrogens is 3. The second-order valence-electron chi connectivity index (χ2n) is 3.87. The maximum Gasteiger partial charge on any atom is 0.292 e. The second-order valence-corrected chi connectivity index (χ2v) is 3.87. The molecule has 2 aromatic heterocycles. The molecule has 7 heteroatoms. The molecule has 2 heterocycles. The third-order valence-corrected chi connectivity index (χ3v) is 2.56. The number of hydrogen-bond donors (Lipinski definition) is 3. The molecule has 1 aromatic carbocycles. The monoisotopic (exact) mass is 315 g/mol. The highest BCUT2D eigenvalue weighted by Crippen LogP contribution is 2.25. The highest BCUT2D eigenvalue weighted by molar-refractivity contribution is 5.78. The standard InChI is InChI=1S/C13H10N4O2.C2H6.CH5N/c14-11-13(18)17-12-10(16-11)9(6-7-15-12)19-8-4-2-1-3-5-8;2*1-2/h1-7H,(H2,14,16)(H,15,17,18);1-2H3;2H2,1H3. The molecule has 7 nitrogen and oxygen atoms in total. The Kier molecular flexibility index (Phi) is 7.22. The van der Waals surface area contributed by atoms with Gasteiger partial charge in [-0.2, -0.15) is 0 Å². The normalized spacial score (nSPS) is 9.22. The number of nitrogen functional groups attached to an aromatic ring is 1. The third-order valence-electron chi connectivity index (χ3n) is 2.56. The first-order valence-electron chi connectivity index (χ1n) is 7.19. The maximum absolute atomic E-state index is 11.4. The van der Waals surface area contributed by atoms with Crippen LogP contribution in [0, 0.1) is 0 Å². The molecule has 122 valence electrons. The van der Waals surface area contributed by atoms with E-state index >= 15 is 0 Å². The van der Waals surface area contributed by atoms with Crippen molar-refractivity contribution in [3.8, 4) is 11.5 Å². The van der Waals surface area contributed by atoms with Gasteiger partial charge in [0.15, 0.2) is 22.7 Å². The minimum atomic E-state index is -0.461. The molecule has 0 unspecified atom stereocenters. The van der Waals surface area contributed by atoms with Gasteiger partial charge in [0.25, 0.3) is 5.56 Å². The molecule has 3 rings (SSSR count). The average molecular weight is 315 g/mol. The van der Waals surface area contributed by atoms with Crippen molar-refractivity contribution in [2.24, 2.45) is 5.73 Å². The van der Waals surface area contributed by atoms with Crippen LogP contribution in [0.3, 0.4) is 0 Å². The van der Waals surface area contributed by atoms with E-state index in [1.807, 2.05) is 44.2 Å². The molecular weight excluding hydrogens is 294 g/mol. The molecule has 0 aliphatic heterocycles. The molecule has 0 radical (unpaired) electrons. The van der Waals surface area contributed by atoms with Gasteiger partial charge in [-0.1, -0.05) is 32.0 Å². The van der Waals surface area contributed by atoms with E-state index in [0.717, 1.165) is 0 Å². The zero-order valence-electron chi connectivity index (χ0n) is 13.4. The number of aromatic amines is 1. The molecule has 0 saturated heterocycles. The molecule has 0 aliphatic rings. The number of H-pyrrole nitrogens is 1. The van der Waals surface area contributed by atoms with Crippen molar-refractivity contribution < 1.29 is 4.74 Å². The summed E-state index contributed by atoms with van der Waals surface area (Å²) in [5, 5.41) is 0. The van der Waals surface area contributed by atoms with Crippen LogP contribution >= 0.6 is 0 Å². The Bertz CT molecular complexity index is 787. The first kappa shape index (κ1) is 18.1. The molecule has 5 N–H and O–H groups in total. The Balaban J connectivity index is 0.000000615. The van der Waals surface area contributed by atoms with Gasteiger partial charge in [-0.05, 0) is 19.2 Å². The third kappa shape index (κ3) is 4.52. The lowest BCUT2D eigenvalue weighted by Gasteiger charge is -2.07. The number of pyridine rings is 1. The fraction of sp³-hybridized carbons (Fsp3) is 0.188. The molecule has 0 atom stereocenters. The first-order chi connectivity index (χ1) is 11.2. The van der Waals surface area contributed by atoms with Crippen molar-refractivity contribution in [1.29, 1.82) is 0 Å². The van der Waals surface area contributed by atoms with E-state index in [9.17, 15) is 4.79 Å². The van der Waals surface area contributed by atoms with Crippen LogP contribution in [0.4, 0.5) is 5.82 Å². The zero-order chi connectivity index (χ0) is 17.2. The van der Waals surface area contributed by atoms with Gasteiger partial charge in [-0.25, -0.2) is 9.97 Å². The quantitative estimate of drug-likeness (QED) is 0.667. The van der Waals surface area contributed by atoms with E-state index in [-0.39, 0.29) is 5.82 Å². The van der Waals surface area contributed by atoms with Gasteiger partial charge in [0.1, 0.15) is 5.75 Å². The summed E-state index contributed by atoms with van der Waals surface area (Å²) in [7, 11) is 1.50. The number of benzene rings is 1. The molecular formula is C16H21N5O2. The Hall–Kier alpha value is -2.93. The predicted octanol–water partition coefficient (Wildman–Crippen LogP) is 2.29. The number of hydrogen-bond acceptors (Lipinski definition) is 6. The van der Waals surface area contributed by atoms with Gasteiger partial charge in [-0.3, -0.25) is 4.79 Å². The molecule has 3 aromatic rings. The molecule has 0 bridgehead atoms. The predicted molar refractivity (Wildman–Crippen MR) is 92.5 cm³/mol. The van der Waals surface area contributed by atoms with Gasteiger partial charge in [0, 0.05) is 12.3 Å². The lowest BCUT2D eigenvalue weighted by Crippen LogP contribution is -2.14. The zero-order valence-corrected chi connectivity index (χ0v) is 13.4. The topological polar surface area (TPSA) is 120 Å². The van der Waals surface area contributed by atoms with Crippen LogP contribution in [0.5, 0.6) is 11.5 Å². The van der Waals surface area contributed by atoms with Crippen molar-refractivity contribution in [3.63, 3.8) is 0 Å². The molecule has 23 heavy (non-hydrogen) atoms. The largest absolute Gasteiger partial charge is 0.455 e. The van der Waals surface area contributed by atoms with Crippen LogP contribution in [0.1, 0.15) is 13.8 Å². The summed E-state index contributed by atoms with van der Waals surface area (Å²) in [5.74, 6) is 1.04. The van der Waals surface area contributed by atoms with Crippen LogP contribution in [-0.4, -0.2) is 22.0 Å². The van der Waals surface area contributed by atoms with E-state index in [1.54, 1.807) is 6.07 Å². The summed E-state index contributed by atoms with van der Waals surface area (Å²) >= 11 is 0. The lowest BCUT2D eigenvalue weighted by molar-refractivity contribution is 0.486. The maximum atomic E-state index is 11.4. The van der Waals surface area contributed by atoms with Crippen LogP contribution in [-0.2, 0) is 0 Å². The van der Waals surface area contributed by atoms with Crippen molar-refractivity contribution in [2.45, 2.75) is 13.8 Å². The van der Waals surface area contributed by atoms with E-state index in [2.05, 4.69) is 20.7 Å². The first-order valence-corrected chi connectivity index (χ1v) is 7.19. The molecule has 0 spiro atoms. The molecule has 0 saturated carbocycles. The van der Waals surface area contributed by atoms with E-state index < -0.39 is 5.56 Å². The molecule has 0 amide bonds. The van der Waals surface area contributed by atoms with Crippen LogP contribution in [0.25, 0.3) is 11.2 Å².